The number of quaternary nitrogens is 1. The SMILES string of the molecule is COc1ccc([C@H]2[C@@H]3CCCC[C@@]3(O)CC[NH+]2CC(=O)NC2CCCCC2)cc1. The molecular formula is C24H37N2O3+. The number of carbonyl (C=O) groups excluding carboxylic acids is 1. The van der Waals surface area contributed by atoms with Gasteiger partial charge in [0.2, 0.25) is 0 Å². The van der Waals surface area contributed by atoms with Gasteiger partial charge in [-0.2, -0.15) is 0 Å². The second-order valence-corrected chi connectivity index (χ2v) is 9.44. The van der Waals surface area contributed by atoms with Crippen LogP contribution in [0.4, 0.5) is 0 Å². The second kappa shape index (κ2) is 9.05. The van der Waals surface area contributed by atoms with Crippen molar-refractivity contribution in [2.75, 3.05) is 20.2 Å². The Kier molecular flexibility index (Phi) is 6.45. The van der Waals surface area contributed by atoms with Crippen molar-refractivity contribution < 1.29 is 19.5 Å². The van der Waals surface area contributed by atoms with Crippen LogP contribution in [0.1, 0.15) is 75.8 Å². The van der Waals surface area contributed by atoms with E-state index in [0.717, 1.165) is 50.8 Å². The topological polar surface area (TPSA) is 63.0 Å². The summed E-state index contributed by atoms with van der Waals surface area (Å²) in [7, 11) is 1.68. The summed E-state index contributed by atoms with van der Waals surface area (Å²) in [6, 6.07) is 8.78. The smallest absolute Gasteiger partial charge is 0.275 e. The Labute approximate surface area is 174 Å². The Morgan fingerprint density at radius 3 is 2.55 bits per heavy atom. The van der Waals surface area contributed by atoms with Gasteiger partial charge >= 0.3 is 0 Å². The molecule has 5 nitrogen and oxygen atoms in total. The summed E-state index contributed by atoms with van der Waals surface area (Å²) in [6.45, 7) is 1.35. The number of benzene rings is 1. The van der Waals surface area contributed by atoms with E-state index in [0.29, 0.717) is 12.6 Å². The largest absolute Gasteiger partial charge is 0.497 e. The fourth-order valence-corrected chi connectivity index (χ4v) is 6.06. The van der Waals surface area contributed by atoms with E-state index in [4.69, 9.17) is 4.74 Å². The number of piperidine rings is 1. The molecule has 3 aliphatic rings. The molecule has 3 fully saturated rings. The van der Waals surface area contributed by atoms with Crippen molar-refractivity contribution in [2.24, 2.45) is 5.92 Å². The summed E-state index contributed by atoms with van der Waals surface area (Å²) in [6.07, 6.45) is 11.0. The molecule has 160 valence electrons. The van der Waals surface area contributed by atoms with Gasteiger partial charge in [-0.3, -0.25) is 4.79 Å². The Bertz CT molecular complexity index is 686. The van der Waals surface area contributed by atoms with E-state index in [1.165, 1.54) is 36.1 Å². The lowest BCUT2D eigenvalue weighted by molar-refractivity contribution is -0.937. The summed E-state index contributed by atoms with van der Waals surface area (Å²) in [4.78, 5) is 14.2. The molecule has 1 aromatic carbocycles. The Hall–Kier alpha value is -1.59. The van der Waals surface area contributed by atoms with Gasteiger partial charge in [0.15, 0.2) is 6.54 Å². The Morgan fingerprint density at radius 1 is 1.10 bits per heavy atom. The average molecular weight is 402 g/mol. The third-order valence-corrected chi connectivity index (χ3v) is 7.62. The summed E-state index contributed by atoms with van der Waals surface area (Å²) in [5, 5.41) is 14.7. The zero-order chi connectivity index (χ0) is 20.3. The van der Waals surface area contributed by atoms with Crippen LogP contribution < -0.4 is 15.0 Å². The standard InChI is InChI=1S/C24H36N2O3/c1-29-20-12-10-18(11-13-20)23-21-9-5-6-14-24(21,28)15-16-26(23)17-22(27)25-19-7-3-2-4-8-19/h10-13,19,21,23,28H,2-9,14-17H2,1H3,(H,25,27)/p+1/t21-,23-,24+/m0/s1. The van der Waals surface area contributed by atoms with E-state index < -0.39 is 5.60 Å². The Balaban J connectivity index is 1.52. The van der Waals surface area contributed by atoms with Crippen LogP contribution in [0.3, 0.4) is 0 Å². The third-order valence-electron chi connectivity index (χ3n) is 7.62. The van der Waals surface area contributed by atoms with Crippen molar-refractivity contribution in [2.45, 2.75) is 81.9 Å². The maximum Gasteiger partial charge on any atom is 0.275 e. The summed E-state index contributed by atoms with van der Waals surface area (Å²) < 4.78 is 5.34. The molecule has 1 unspecified atom stereocenters. The lowest BCUT2D eigenvalue weighted by Crippen LogP contribution is -3.16. The Morgan fingerprint density at radius 2 is 1.83 bits per heavy atom. The lowest BCUT2D eigenvalue weighted by atomic mass is 9.66. The second-order valence-electron chi connectivity index (χ2n) is 9.44. The van der Waals surface area contributed by atoms with Gasteiger partial charge in [-0.05, 0) is 49.9 Å². The van der Waals surface area contributed by atoms with Gasteiger partial charge in [0.05, 0.1) is 19.3 Å². The molecule has 5 heteroatoms. The van der Waals surface area contributed by atoms with Crippen LogP contribution in [0.15, 0.2) is 24.3 Å². The molecule has 3 N–H and O–H groups in total. The van der Waals surface area contributed by atoms with Crippen molar-refractivity contribution in [3.8, 4) is 5.75 Å². The molecule has 4 rings (SSSR count). The van der Waals surface area contributed by atoms with Crippen LogP contribution in [0.25, 0.3) is 0 Å². The molecular weight excluding hydrogens is 364 g/mol. The monoisotopic (exact) mass is 401 g/mol. The quantitative estimate of drug-likeness (QED) is 0.710. The molecule has 1 heterocycles. The van der Waals surface area contributed by atoms with Crippen molar-refractivity contribution in [3.63, 3.8) is 0 Å². The van der Waals surface area contributed by atoms with Crippen molar-refractivity contribution in [1.82, 2.24) is 5.32 Å². The maximum atomic E-state index is 12.9. The molecule has 29 heavy (non-hydrogen) atoms. The number of likely N-dealkylation sites (tertiary alicyclic amines) is 1. The highest BCUT2D eigenvalue weighted by molar-refractivity contribution is 5.77. The van der Waals surface area contributed by atoms with Gasteiger partial charge in [-0.25, -0.2) is 0 Å². The first kappa shape index (κ1) is 20.7. The predicted molar refractivity (Wildman–Crippen MR) is 113 cm³/mol. The molecule has 1 aromatic rings. The normalized spacial score (nSPS) is 33.0. The van der Waals surface area contributed by atoms with Gasteiger partial charge < -0.3 is 20.1 Å². The third kappa shape index (κ3) is 4.61. The molecule has 1 saturated heterocycles. The first-order valence-electron chi connectivity index (χ1n) is 11.6. The zero-order valence-corrected chi connectivity index (χ0v) is 17.8. The fraction of sp³-hybridized carbons (Fsp3) is 0.708. The van der Waals surface area contributed by atoms with E-state index >= 15 is 0 Å². The summed E-state index contributed by atoms with van der Waals surface area (Å²) >= 11 is 0. The van der Waals surface area contributed by atoms with E-state index in [-0.39, 0.29) is 17.9 Å². The first-order chi connectivity index (χ1) is 14.1. The molecule has 0 aromatic heterocycles. The van der Waals surface area contributed by atoms with Gasteiger partial charge in [0, 0.05) is 23.9 Å². The highest BCUT2D eigenvalue weighted by atomic mass is 16.5. The van der Waals surface area contributed by atoms with Crippen molar-refractivity contribution in [3.05, 3.63) is 29.8 Å². The highest BCUT2D eigenvalue weighted by Crippen LogP contribution is 2.44. The molecule has 2 saturated carbocycles. The molecule has 0 spiro atoms. The van der Waals surface area contributed by atoms with E-state index in [2.05, 4.69) is 17.4 Å². The number of methoxy groups -OCH3 is 1. The molecule has 0 radical (unpaired) electrons. The molecule has 4 atom stereocenters. The van der Waals surface area contributed by atoms with Crippen molar-refractivity contribution in [1.29, 1.82) is 0 Å². The maximum absolute atomic E-state index is 12.9. The van der Waals surface area contributed by atoms with Gasteiger partial charge in [-0.1, -0.05) is 32.1 Å². The highest BCUT2D eigenvalue weighted by Gasteiger charge is 2.51. The minimum Gasteiger partial charge on any atom is -0.497 e. The minimum atomic E-state index is -0.577. The van der Waals surface area contributed by atoms with Crippen LogP contribution in [0, 0.1) is 5.92 Å². The number of rotatable bonds is 5. The number of hydrogen-bond acceptors (Lipinski definition) is 3. The van der Waals surface area contributed by atoms with Crippen LogP contribution in [0.5, 0.6) is 5.75 Å². The summed E-state index contributed by atoms with van der Waals surface area (Å²) in [5.74, 6) is 1.24. The van der Waals surface area contributed by atoms with Crippen LogP contribution in [0.2, 0.25) is 0 Å². The van der Waals surface area contributed by atoms with Gasteiger partial charge in [0.25, 0.3) is 5.91 Å². The van der Waals surface area contributed by atoms with E-state index in [1.54, 1.807) is 7.11 Å². The lowest BCUT2D eigenvalue weighted by Gasteiger charge is -2.50. The van der Waals surface area contributed by atoms with Crippen LogP contribution >= 0.6 is 0 Å². The zero-order valence-electron chi connectivity index (χ0n) is 17.8. The van der Waals surface area contributed by atoms with Gasteiger partial charge in [-0.15, -0.1) is 0 Å². The molecule has 0 bridgehead atoms. The number of ether oxygens (including phenoxy) is 1. The molecule has 1 amide bonds. The molecule has 2 aliphatic carbocycles. The van der Waals surface area contributed by atoms with Crippen LogP contribution in [-0.2, 0) is 4.79 Å². The number of aliphatic hydroxyl groups is 1. The fourth-order valence-electron chi connectivity index (χ4n) is 6.06. The minimum absolute atomic E-state index is 0.164. The van der Waals surface area contributed by atoms with E-state index in [9.17, 15) is 9.90 Å². The van der Waals surface area contributed by atoms with Gasteiger partial charge in [0.1, 0.15) is 11.8 Å². The predicted octanol–water partition coefficient (Wildman–Crippen LogP) is 2.40. The van der Waals surface area contributed by atoms with E-state index in [1.807, 2.05) is 12.1 Å². The van der Waals surface area contributed by atoms with Crippen molar-refractivity contribution >= 4 is 5.91 Å². The number of carbonyl (C=O) groups is 1. The number of hydrogen-bond donors (Lipinski definition) is 3. The van der Waals surface area contributed by atoms with Crippen LogP contribution in [-0.4, -0.2) is 42.9 Å². The first-order valence-corrected chi connectivity index (χ1v) is 11.6. The number of amides is 1. The number of fused-ring (bicyclic) bond motifs is 1. The molecule has 1 aliphatic heterocycles. The summed E-state index contributed by atoms with van der Waals surface area (Å²) in [5.41, 5.74) is 0.642. The average Bonchev–Trinajstić information content (AvgIpc) is 2.74. The number of nitrogens with one attached hydrogen (secondary N) is 2.